The highest BCUT2D eigenvalue weighted by Gasteiger charge is 2.06. The minimum absolute atomic E-state index is 0.900. The van der Waals surface area contributed by atoms with E-state index in [1.807, 2.05) is 13.0 Å². The van der Waals surface area contributed by atoms with Gasteiger partial charge in [-0.25, -0.2) is 0 Å². The van der Waals surface area contributed by atoms with Gasteiger partial charge in [0.1, 0.15) is 0 Å². The second-order valence-electron chi connectivity index (χ2n) is 2.23. The summed E-state index contributed by atoms with van der Waals surface area (Å²) in [5.41, 5.74) is 3.05. The Kier molecular flexibility index (Phi) is 1.14. The molecule has 0 saturated heterocycles. The van der Waals surface area contributed by atoms with Crippen molar-refractivity contribution in [2.75, 3.05) is 0 Å². The lowest BCUT2D eigenvalue weighted by Gasteiger charge is -1.82. The average molecular weight is 200 g/mol. The molecule has 0 aliphatic carbocycles. The van der Waals surface area contributed by atoms with Crippen molar-refractivity contribution in [3.8, 4) is 0 Å². The van der Waals surface area contributed by atoms with Gasteiger partial charge in [-0.05, 0) is 22.9 Å². The second-order valence-corrected chi connectivity index (χ2v) is 3.02. The van der Waals surface area contributed by atoms with Crippen LogP contribution in [0.25, 0.3) is 11.1 Å². The minimum atomic E-state index is 0.900. The Morgan fingerprint density at radius 3 is 3.10 bits per heavy atom. The van der Waals surface area contributed by atoms with Crippen LogP contribution in [0.15, 0.2) is 21.2 Å². The topological polar surface area (TPSA) is 28.9 Å². The zero-order valence-corrected chi connectivity index (χ0v) is 7.03. The molecule has 2 heterocycles. The molecule has 1 N–H and O–H groups in total. The van der Waals surface area contributed by atoms with Crippen molar-refractivity contribution >= 4 is 27.0 Å². The molecule has 10 heavy (non-hydrogen) atoms. The lowest BCUT2D eigenvalue weighted by Crippen LogP contribution is -1.66. The first-order valence-corrected chi connectivity index (χ1v) is 3.79. The van der Waals surface area contributed by atoms with E-state index in [9.17, 15) is 0 Å². The SMILES string of the molecule is Cc1[nH]c2ccoc2c1Br. The molecule has 0 aliphatic rings. The molecule has 0 aliphatic heterocycles. The maximum absolute atomic E-state index is 5.19. The van der Waals surface area contributed by atoms with E-state index in [0.717, 1.165) is 21.3 Å². The van der Waals surface area contributed by atoms with Crippen molar-refractivity contribution in [2.24, 2.45) is 0 Å². The van der Waals surface area contributed by atoms with Crippen molar-refractivity contribution in [1.29, 1.82) is 0 Å². The van der Waals surface area contributed by atoms with E-state index in [-0.39, 0.29) is 0 Å². The predicted octanol–water partition coefficient (Wildman–Crippen LogP) is 2.83. The molecule has 52 valence electrons. The average Bonchev–Trinajstić information content (AvgIpc) is 2.41. The van der Waals surface area contributed by atoms with Crippen molar-refractivity contribution < 1.29 is 4.42 Å². The monoisotopic (exact) mass is 199 g/mol. The van der Waals surface area contributed by atoms with Crippen LogP contribution in [0, 0.1) is 6.92 Å². The largest absolute Gasteiger partial charge is 0.461 e. The fourth-order valence-electron chi connectivity index (χ4n) is 1.00. The molecule has 2 rings (SSSR count). The smallest absolute Gasteiger partial charge is 0.165 e. The van der Waals surface area contributed by atoms with Crippen LogP contribution in [0.2, 0.25) is 0 Å². The fourth-order valence-corrected chi connectivity index (χ4v) is 1.41. The van der Waals surface area contributed by atoms with Gasteiger partial charge in [-0.15, -0.1) is 0 Å². The Hall–Kier alpha value is -0.700. The molecule has 0 fully saturated rings. The molecule has 0 amide bonds. The first-order chi connectivity index (χ1) is 4.79. The lowest BCUT2D eigenvalue weighted by atomic mass is 10.5. The molecule has 3 heteroatoms. The quantitative estimate of drug-likeness (QED) is 0.695. The third-order valence-corrected chi connectivity index (χ3v) is 2.47. The van der Waals surface area contributed by atoms with Crippen molar-refractivity contribution in [3.63, 3.8) is 0 Å². The maximum Gasteiger partial charge on any atom is 0.165 e. The number of nitrogens with one attached hydrogen (secondary N) is 1. The van der Waals surface area contributed by atoms with E-state index >= 15 is 0 Å². The summed E-state index contributed by atoms with van der Waals surface area (Å²) < 4.78 is 6.21. The Balaban J connectivity index is 2.95. The van der Waals surface area contributed by atoms with E-state index in [1.165, 1.54) is 0 Å². The zero-order valence-electron chi connectivity index (χ0n) is 5.44. The summed E-state index contributed by atoms with van der Waals surface area (Å²) in [7, 11) is 0. The Morgan fingerprint density at radius 1 is 1.60 bits per heavy atom. The predicted molar refractivity (Wildman–Crippen MR) is 43.0 cm³/mol. The van der Waals surface area contributed by atoms with Crippen LogP contribution in [0.1, 0.15) is 5.69 Å². The number of halogens is 1. The van der Waals surface area contributed by atoms with Crippen LogP contribution in [-0.4, -0.2) is 4.98 Å². The summed E-state index contributed by atoms with van der Waals surface area (Å²) in [4.78, 5) is 3.17. The molecular weight excluding hydrogens is 194 g/mol. The first kappa shape index (κ1) is 6.04. The van der Waals surface area contributed by atoms with Gasteiger partial charge in [0.05, 0.1) is 16.3 Å². The first-order valence-electron chi connectivity index (χ1n) is 3.00. The van der Waals surface area contributed by atoms with Gasteiger partial charge in [0.25, 0.3) is 0 Å². The van der Waals surface area contributed by atoms with E-state index in [2.05, 4.69) is 20.9 Å². The van der Waals surface area contributed by atoms with Crippen LogP contribution in [0.4, 0.5) is 0 Å². The van der Waals surface area contributed by atoms with Gasteiger partial charge in [0, 0.05) is 11.8 Å². The van der Waals surface area contributed by atoms with Gasteiger partial charge in [-0.2, -0.15) is 0 Å². The Labute approximate surface area is 66.3 Å². The minimum Gasteiger partial charge on any atom is -0.461 e. The number of hydrogen-bond acceptors (Lipinski definition) is 1. The summed E-state index contributed by atoms with van der Waals surface area (Å²) in [6.07, 6.45) is 1.67. The number of furan rings is 1. The van der Waals surface area contributed by atoms with Crippen LogP contribution in [0.5, 0.6) is 0 Å². The normalized spacial score (nSPS) is 11.0. The van der Waals surface area contributed by atoms with Gasteiger partial charge in [0.15, 0.2) is 5.58 Å². The number of aryl methyl sites for hydroxylation is 1. The van der Waals surface area contributed by atoms with Gasteiger partial charge in [-0.3, -0.25) is 0 Å². The van der Waals surface area contributed by atoms with E-state index in [0.29, 0.717) is 0 Å². The van der Waals surface area contributed by atoms with Crippen LogP contribution < -0.4 is 0 Å². The Morgan fingerprint density at radius 2 is 2.40 bits per heavy atom. The van der Waals surface area contributed by atoms with Gasteiger partial charge < -0.3 is 9.40 Å². The molecule has 0 aromatic carbocycles. The lowest BCUT2D eigenvalue weighted by molar-refractivity contribution is 0.614. The molecule has 2 aromatic rings. The molecule has 2 aromatic heterocycles. The zero-order chi connectivity index (χ0) is 7.14. The van der Waals surface area contributed by atoms with Crippen molar-refractivity contribution in [2.45, 2.75) is 6.92 Å². The van der Waals surface area contributed by atoms with Crippen molar-refractivity contribution in [3.05, 3.63) is 22.5 Å². The number of fused-ring (bicyclic) bond motifs is 1. The highest BCUT2D eigenvalue weighted by molar-refractivity contribution is 9.10. The summed E-state index contributed by atoms with van der Waals surface area (Å²) in [5, 5.41) is 0. The van der Waals surface area contributed by atoms with E-state index in [4.69, 9.17) is 4.42 Å². The number of aromatic amines is 1. The molecular formula is C7H6BrNO. The number of aromatic nitrogens is 1. The summed E-state index contributed by atoms with van der Waals surface area (Å²) >= 11 is 3.40. The highest BCUT2D eigenvalue weighted by Crippen LogP contribution is 2.27. The molecule has 2 nitrogen and oxygen atoms in total. The summed E-state index contributed by atoms with van der Waals surface area (Å²) in [6, 6.07) is 1.91. The van der Waals surface area contributed by atoms with E-state index in [1.54, 1.807) is 6.26 Å². The fraction of sp³-hybridized carbons (Fsp3) is 0.143. The van der Waals surface area contributed by atoms with Gasteiger partial charge in [-0.1, -0.05) is 0 Å². The van der Waals surface area contributed by atoms with Gasteiger partial charge in [0.2, 0.25) is 0 Å². The molecule has 0 bridgehead atoms. The molecule has 0 radical (unpaired) electrons. The number of hydrogen-bond donors (Lipinski definition) is 1. The molecule has 0 saturated carbocycles. The van der Waals surface area contributed by atoms with Crippen LogP contribution in [-0.2, 0) is 0 Å². The summed E-state index contributed by atoms with van der Waals surface area (Å²) in [5.74, 6) is 0. The molecule has 0 spiro atoms. The van der Waals surface area contributed by atoms with Crippen LogP contribution in [0.3, 0.4) is 0 Å². The van der Waals surface area contributed by atoms with E-state index < -0.39 is 0 Å². The third kappa shape index (κ3) is 0.639. The second kappa shape index (κ2) is 1.89. The third-order valence-electron chi connectivity index (χ3n) is 1.52. The van der Waals surface area contributed by atoms with Crippen LogP contribution >= 0.6 is 15.9 Å². The molecule has 0 unspecified atom stereocenters. The maximum atomic E-state index is 5.19. The van der Waals surface area contributed by atoms with Crippen molar-refractivity contribution in [1.82, 2.24) is 4.98 Å². The number of rotatable bonds is 0. The van der Waals surface area contributed by atoms with Gasteiger partial charge >= 0.3 is 0 Å². The molecule has 0 atom stereocenters. The highest BCUT2D eigenvalue weighted by atomic mass is 79.9. The summed E-state index contributed by atoms with van der Waals surface area (Å²) in [6.45, 7) is 2.00. The number of H-pyrrole nitrogens is 1. The standard InChI is InChI=1S/C7H6BrNO/c1-4-6(8)7-5(9-4)2-3-10-7/h2-3,9H,1H3. The Bertz CT molecular complexity index is 360.